The first-order valence-electron chi connectivity index (χ1n) is 11.1. The third-order valence-electron chi connectivity index (χ3n) is 5.93. The molecule has 34 heavy (non-hydrogen) atoms. The van der Waals surface area contributed by atoms with Gasteiger partial charge in [-0.2, -0.15) is 0 Å². The highest BCUT2D eigenvalue weighted by Gasteiger charge is 2.27. The zero-order valence-corrected chi connectivity index (χ0v) is 18.5. The number of hydrazine groups is 2. The van der Waals surface area contributed by atoms with Crippen LogP contribution >= 0.6 is 0 Å². The van der Waals surface area contributed by atoms with Gasteiger partial charge in [0, 0.05) is 18.3 Å². The molecule has 0 radical (unpaired) electrons. The fourth-order valence-electron chi connectivity index (χ4n) is 4.11. The molecule has 1 fully saturated rings. The van der Waals surface area contributed by atoms with Crippen molar-refractivity contribution in [2.24, 2.45) is 5.10 Å². The molecule has 1 aromatic heterocycles. The van der Waals surface area contributed by atoms with E-state index in [1.807, 2.05) is 30.3 Å². The number of nitrogen functional groups attached to an aromatic ring is 1. The van der Waals surface area contributed by atoms with Crippen molar-refractivity contribution in [3.05, 3.63) is 71.9 Å². The Bertz CT molecular complexity index is 1200. The first kappa shape index (κ1) is 22.1. The molecular formula is C24H25F2N7O. The second kappa shape index (κ2) is 9.62. The van der Waals surface area contributed by atoms with E-state index in [0.29, 0.717) is 12.2 Å². The minimum atomic E-state index is -1.01. The minimum Gasteiger partial charge on any atom is -0.492 e. The Morgan fingerprint density at radius 2 is 1.82 bits per heavy atom. The van der Waals surface area contributed by atoms with E-state index in [0.717, 1.165) is 42.6 Å². The van der Waals surface area contributed by atoms with Gasteiger partial charge in [-0.25, -0.2) is 24.3 Å². The summed E-state index contributed by atoms with van der Waals surface area (Å²) >= 11 is 0. The van der Waals surface area contributed by atoms with Crippen molar-refractivity contribution >= 4 is 17.3 Å². The van der Waals surface area contributed by atoms with Gasteiger partial charge in [-0.3, -0.25) is 4.90 Å². The molecule has 4 N–H and O–H groups in total. The number of nitrogens with zero attached hydrogens (tertiary/aromatic N) is 4. The number of benzene rings is 2. The standard InChI is InChI=1S/C24H25F2N7O/c25-20-4-3-5-21(22(20)26)33-24(29-30-31-33)19-14-17(15-28-23(19)27)16-6-8-18(9-7-16)34-13-12-32-10-1-2-11-32/h3-9,14-15,30-31H,1-2,10-13H2,(H2,27,28). The van der Waals surface area contributed by atoms with Gasteiger partial charge >= 0.3 is 0 Å². The average molecular weight is 466 g/mol. The Morgan fingerprint density at radius 3 is 2.62 bits per heavy atom. The summed E-state index contributed by atoms with van der Waals surface area (Å²) in [5.41, 5.74) is 13.5. The maximum absolute atomic E-state index is 14.4. The third kappa shape index (κ3) is 4.50. The van der Waals surface area contributed by atoms with Crippen LogP contribution in [0.5, 0.6) is 5.75 Å². The maximum Gasteiger partial charge on any atom is 0.184 e. The van der Waals surface area contributed by atoms with Crippen molar-refractivity contribution in [1.82, 2.24) is 21.0 Å². The number of halogens is 2. The van der Waals surface area contributed by atoms with Crippen LogP contribution in [0.3, 0.4) is 0 Å². The van der Waals surface area contributed by atoms with Gasteiger partial charge in [0.2, 0.25) is 0 Å². The summed E-state index contributed by atoms with van der Waals surface area (Å²) in [6.07, 6.45) is 4.19. The van der Waals surface area contributed by atoms with Crippen LogP contribution in [0, 0.1) is 11.6 Å². The molecule has 2 aliphatic rings. The van der Waals surface area contributed by atoms with E-state index in [2.05, 4.69) is 26.1 Å². The SMILES string of the molecule is Nc1ncc(-c2ccc(OCCN3CCCC3)cc2)cc1C1=NNNN1c1cccc(F)c1F. The fourth-order valence-corrected chi connectivity index (χ4v) is 4.11. The molecule has 0 spiro atoms. The average Bonchev–Trinajstić information content (AvgIpc) is 3.54. The van der Waals surface area contributed by atoms with Crippen molar-refractivity contribution in [2.75, 3.05) is 37.0 Å². The van der Waals surface area contributed by atoms with E-state index in [9.17, 15) is 8.78 Å². The predicted molar refractivity (Wildman–Crippen MR) is 127 cm³/mol. The summed E-state index contributed by atoms with van der Waals surface area (Å²) in [5, 5.41) is 5.44. The summed E-state index contributed by atoms with van der Waals surface area (Å²) in [4.78, 5) is 6.70. The highest BCUT2D eigenvalue weighted by Crippen LogP contribution is 2.28. The van der Waals surface area contributed by atoms with E-state index in [1.165, 1.54) is 30.0 Å². The molecule has 3 aromatic rings. The zero-order valence-electron chi connectivity index (χ0n) is 18.5. The number of likely N-dealkylation sites (tertiary alicyclic amines) is 1. The molecule has 8 nitrogen and oxygen atoms in total. The van der Waals surface area contributed by atoms with Crippen LogP contribution in [0.15, 0.2) is 59.8 Å². The molecule has 0 aliphatic carbocycles. The van der Waals surface area contributed by atoms with Gasteiger partial charge in [0.25, 0.3) is 0 Å². The summed E-state index contributed by atoms with van der Waals surface area (Å²) in [6.45, 7) is 3.88. The molecule has 0 atom stereocenters. The molecule has 176 valence electrons. The number of rotatable bonds is 7. The molecular weight excluding hydrogens is 440 g/mol. The summed E-state index contributed by atoms with van der Waals surface area (Å²) in [6, 6.07) is 13.4. The van der Waals surface area contributed by atoms with Crippen molar-refractivity contribution in [2.45, 2.75) is 12.8 Å². The molecule has 3 heterocycles. The second-order valence-corrected chi connectivity index (χ2v) is 8.15. The van der Waals surface area contributed by atoms with Gasteiger partial charge < -0.3 is 10.5 Å². The van der Waals surface area contributed by atoms with Crippen LogP contribution in [0.2, 0.25) is 0 Å². The first-order chi connectivity index (χ1) is 16.6. The van der Waals surface area contributed by atoms with Crippen molar-refractivity contribution < 1.29 is 13.5 Å². The molecule has 0 saturated carbocycles. The van der Waals surface area contributed by atoms with Crippen molar-refractivity contribution in [3.8, 4) is 16.9 Å². The first-order valence-corrected chi connectivity index (χ1v) is 11.1. The van der Waals surface area contributed by atoms with E-state index < -0.39 is 11.6 Å². The molecule has 0 amide bonds. The topological polar surface area (TPSA) is 91.0 Å². The quantitative estimate of drug-likeness (QED) is 0.493. The maximum atomic E-state index is 14.4. The number of aromatic nitrogens is 1. The number of pyridine rings is 1. The minimum absolute atomic E-state index is 0.0380. The van der Waals surface area contributed by atoms with Crippen molar-refractivity contribution in [3.63, 3.8) is 0 Å². The van der Waals surface area contributed by atoms with Gasteiger partial charge in [-0.05, 0) is 61.8 Å². The molecule has 2 aliphatic heterocycles. The lowest BCUT2D eigenvalue weighted by Gasteiger charge is -2.20. The number of hydrogen-bond donors (Lipinski definition) is 3. The lowest BCUT2D eigenvalue weighted by Crippen LogP contribution is -2.42. The molecule has 0 bridgehead atoms. The molecule has 0 unspecified atom stereocenters. The molecule has 1 saturated heterocycles. The molecule has 10 heteroatoms. The highest BCUT2D eigenvalue weighted by molar-refractivity contribution is 6.13. The van der Waals surface area contributed by atoms with Gasteiger partial charge in [0.15, 0.2) is 17.5 Å². The lowest BCUT2D eigenvalue weighted by atomic mass is 10.0. The Hall–Kier alpha value is -3.76. The lowest BCUT2D eigenvalue weighted by molar-refractivity contribution is 0.238. The number of anilines is 2. The normalized spacial score (nSPS) is 15.9. The number of ether oxygens (including phenoxy) is 1. The smallest absolute Gasteiger partial charge is 0.184 e. The predicted octanol–water partition coefficient (Wildman–Crippen LogP) is 3.27. The highest BCUT2D eigenvalue weighted by atomic mass is 19.2. The molecule has 2 aromatic carbocycles. The van der Waals surface area contributed by atoms with E-state index in [-0.39, 0.29) is 17.3 Å². The van der Waals surface area contributed by atoms with Gasteiger partial charge in [0.05, 0.1) is 5.56 Å². The van der Waals surface area contributed by atoms with Crippen molar-refractivity contribution in [1.29, 1.82) is 0 Å². The van der Waals surface area contributed by atoms with Crippen LogP contribution < -0.4 is 26.5 Å². The van der Waals surface area contributed by atoms with Crippen LogP contribution in [-0.4, -0.2) is 42.0 Å². The zero-order chi connectivity index (χ0) is 23.5. The Labute approximate surface area is 196 Å². The summed E-state index contributed by atoms with van der Waals surface area (Å²) in [5.74, 6) is -0.703. The van der Waals surface area contributed by atoms with Gasteiger partial charge in [0.1, 0.15) is 23.9 Å². The van der Waals surface area contributed by atoms with E-state index in [1.54, 1.807) is 6.20 Å². The second-order valence-electron chi connectivity index (χ2n) is 8.15. The number of hydrazone groups is 1. The van der Waals surface area contributed by atoms with Crippen LogP contribution in [-0.2, 0) is 0 Å². The largest absolute Gasteiger partial charge is 0.492 e. The number of nitrogens with two attached hydrogens (primary N) is 1. The molecule has 5 rings (SSSR count). The van der Waals surface area contributed by atoms with Crippen LogP contribution in [0.25, 0.3) is 11.1 Å². The number of amidine groups is 1. The fraction of sp³-hybridized carbons (Fsp3) is 0.250. The number of nitrogens with one attached hydrogen (secondary N) is 2. The van der Waals surface area contributed by atoms with Crippen LogP contribution in [0.1, 0.15) is 18.4 Å². The van der Waals surface area contributed by atoms with E-state index >= 15 is 0 Å². The Balaban J connectivity index is 1.34. The Morgan fingerprint density at radius 1 is 1.03 bits per heavy atom. The summed E-state index contributed by atoms with van der Waals surface area (Å²) < 4.78 is 34.1. The Kier molecular flexibility index (Phi) is 6.24. The summed E-state index contributed by atoms with van der Waals surface area (Å²) in [7, 11) is 0. The third-order valence-corrected chi connectivity index (χ3v) is 5.93. The van der Waals surface area contributed by atoms with Crippen LogP contribution in [0.4, 0.5) is 20.3 Å². The number of hydrogen-bond acceptors (Lipinski definition) is 8. The monoisotopic (exact) mass is 465 g/mol. The van der Waals surface area contributed by atoms with Gasteiger partial charge in [-0.15, -0.1) is 10.6 Å². The van der Waals surface area contributed by atoms with E-state index in [4.69, 9.17) is 10.5 Å². The van der Waals surface area contributed by atoms with Gasteiger partial charge in [-0.1, -0.05) is 18.2 Å².